The zero-order valence-electron chi connectivity index (χ0n) is 19.9. The summed E-state index contributed by atoms with van der Waals surface area (Å²) in [6.45, 7) is 2.51. The maximum Gasteiger partial charge on any atom is 0.315 e. The number of urea groups is 1. The van der Waals surface area contributed by atoms with Crippen molar-refractivity contribution in [2.75, 3.05) is 0 Å². The third kappa shape index (κ3) is 6.14. The first-order chi connectivity index (χ1) is 16.9. The van der Waals surface area contributed by atoms with Crippen molar-refractivity contribution in [2.45, 2.75) is 51.8 Å². The average Bonchev–Trinajstić information content (AvgIpc) is 3.23. The van der Waals surface area contributed by atoms with Gasteiger partial charge in [0, 0.05) is 13.6 Å². The Balaban J connectivity index is 1.39. The molecule has 3 aromatic rings. The summed E-state index contributed by atoms with van der Waals surface area (Å²) < 4.78 is 7.72. The normalized spacial score (nSPS) is 17.5. The van der Waals surface area contributed by atoms with Crippen molar-refractivity contribution in [1.82, 2.24) is 30.6 Å². The summed E-state index contributed by atoms with van der Waals surface area (Å²) in [5.74, 6) is -0.490. The molecule has 10 heteroatoms. The molecule has 0 aliphatic heterocycles. The van der Waals surface area contributed by atoms with Crippen LogP contribution in [0.1, 0.15) is 42.6 Å². The molecule has 10 nitrogen and oxygen atoms in total. The summed E-state index contributed by atoms with van der Waals surface area (Å²) in [7, 11) is 1.77. The maximum absolute atomic E-state index is 12.3. The van der Waals surface area contributed by atoms with E-state index in [9.17, 15) is 14.7 Å². The first-order valence-electron chi connectivity index (χ1n) is 11.7. The van der Waals surface area contributed by atoms with Crippen molar-refractivity contribution in [3.05, 3.63) is 59.4 Å². The quantitative estimate of drug-likeness (QED) is 0.453. The standard InChI is InChI=1S/C25H30N6O4/c1-16-22(35-19-10-6-9-18(13-19)24(32)33)12-11-20(28-16)23-21(31(2)30-29-23)15-27-25(34)26-14-17-7-4-3-5-8-17/h3-5,7-8,11-12,18-19H,6,9-10,13-15H2,1-2H3,(H,32,33)(H2,26,27,34)/t18?,19-/m0/s1. The molecular formula is C25H30N6O4. The zero-order chi connectivity index (χ0) is 24.8. The largest absolute Gasteiger partial charge is 0.489 e. The van der Waals surface area contributed by atoms with Gasteiger partial charge in [-0.2, -0.15) is 0 Å². The molecule has 2 aromatic heterocycles. The molecule has 2 atom stereocenters. The SMILES string of the molecule is Cc1nc(-c2nnn(C)c2CNC(=O)NCc2ccccc2)ccc1O[C@H]1CCCC(C(=O)O)C1. The van der Waals surface area contributed by atoms with Gasteiger partial charge in [-0.05, 0) is 50.3 Å². The number of carbonyl (C=O) groups excluding carboxylic acids is 1. The second-order valence-corrected chi connectivity index (χ2v) is 8.75. The maximum atomic E-state index is 12.3. The Morgan fingerprint density at radius 2 is 1.89 bits per heavy atom. The van der Waals surface area contributed by atoms with Crippen LogP contribution in [0.3, 0.4) is 0 Å². The van der Waals surface area contributed by atoms with Gasteiger partial charge < -0.3 is 20.5 Å². The molecule has 3 N–H and O–H groups in total. The van der Waals surface area contributed by atoms with Crippen LogP contribution in [0.5, 0.6) is 5.75 Å². The summed E-state index contributed by atoms with van der Waals surface area (Å²) in [4.78, 5) is 28.3. The smallest absolute Gasteiger partial charge is 0.315 e. The van der Waals surface area contributed by atoms with Crippen LogP contribution < -0.4 is 15.4 Å². The highest BCUT2D eigenvalue weighted by atomic mass is 16.5. The minimum Gasteiger partial charge on any atom is -0.489 e. The van der Waals surface area contributed by atoms with Crippen molar-refractivity contribution in [2.24, 2.45) is 13.0 Å². The van der Waals surface area contributed by atoms with E-state index in [2.05, 4.69) is 25.9 Å². The minimum atomic E-state index is -0.763. The Morgan fingerprint density at radius 1 is 1.11 bits per heavy atom. The molecule has 4 rings (SSSR count). The average molecular weight is 479 g/mol. The molecule has 0 radical (unpaired) electrons. The number of carboxylic acid groups (broad SMARTS) is 1. The Hall–Kier alpha value is -3.95. The van der Waals surface area contributed by atoms with E-state index in [1.165, 1.54) is 0 Å². The van der Waals surface area contributed by atoms with E-state index >= 15 is 0 Å². The monoisotopic (exact) mass is 478 g/mol. The van der Waals surface area contributed by atoms with Crippen LogP contribution in [0.25, 0.3) is 11.4 Å². The zero-order valence-corrected chi connectivity index (χ0v) is 19.9. The van der Waals surface area contributed by atoms with E-state index < -0.39 is 5.97 Å². The number of pyridine rings is 1. The number of aromatic nitrogens is 4. The van der Waals surface area contributed by atoms with Crippen LogP contribution in [0, 0.1) is 12.8 Å². The fraction of sp³-hybridized carbons (Fsp3) is 0.400. The van der Waals surface area contributed by atoms with Crippen molar-refractivity contribution in [3.8, 4) is 17.1 Å². The third-order valence-corrected chi connectivity index (χ3v) is 6.20. The lowest BCUT2D eigenvalue weighted by molar-refractivity contribution is -0.143. The number of amides is 2. The highest BCUT2D eigenvalue weighted by Gasteiger charge is 2.28. The lowest BCUT2D eigenvalue weighted by atomic mass is 9.87. The molecule has 1 aliphatic rings. The molecule has 1 fully saturated rings. The number of nitrogens with one attached hydrogen (secondary N) is 2. The van der Waals surface area contributed by atoms with Gasteiger partial charge in [0.25, 0.3) is 0 Å². The number of carbonyl (C=O) groups is 2. The topological polar surface area (TPSA) is 131 Å². The number of aryl methyl sites for hydroxylation is 2. The molecule has 1 aliphatic carbocycles. The molecule has 35 heavy (non-hydrogen) atoms. The van der Waals surface area contributed by atoms with Crippen molar-refractivity contribution >= 4 is 12.0 Å². The van der Waals surface area contributed by atoms with Gasteiger partial charge in [0.1, 0.15) is 11.4 Å². The lowest BCUT2D eigenvalue weighted by Gasteiger charge is -2.27. The number of rotatable bonds is 8. The predicted octanol–water partition coefficient (Wildman–Crippen LogP) is 3.21. The Bertz CT molecular complexity index is 1180. The summed E-state index contributed by atoms with van der Waals surface area (Å²) >= 11 is 0. The first-order valence-corrected chi connectivity index (χ1v) is 11.7. The highest BCUT2D eigenvalue weighted by Crippen LogP contribution is 2.30. The minimum absolute atomic E-state index is 0.137. The second-order valence-electron chi connectivity index (χ2n) is 8.75. The van der Waals surface area contributed by atoms with Crippen molar-refractivity contribution < 1.29 is 19.4 Å². The van der Waals surface area contributed by atoms with E-state index in [-0.39, 0.29) is 24.6 Å². The van der Waals surface area contributed by atoms with Gasteiger partial charge in [0.2, 0.25) is 0 Å². The molecule has 2 heterocycles. The number of carboxylic acids is 1. The fourth-order valence-corrected chi connectivity index (χ4v) is 4.24. The highest BCUT2D eigenvalue weighted by molar-refractivity contribution is 5.74. The van der Waals surface area contributed by atoms with Gasteiger partial charge in [0.15, 0.2) is 0 Å². The molecule has 1 aromatic carbocycles. The summed E-state index contributed by atoms with van der Waals surface area (Å²) in [5, 5.41) is 23.3. The number of nitrogens with zero attached hydrogens (tertiary/aromatic N) is 4. The Labute approximate surface area is 203 Å². The van der Waals surface area contributed by atoms with E-state index in [1.54, 1.807) is 11.7 Å². The molecule has 1 saturated carbocycles. The number of ether oxygens (including phenoxy) is 1. The third-order valence-electron chi connectivity index (χ3n) is 6.20. The predicted molar refractivity (Wildman–Crippen MR) is 128 cm³/mol. The molecule has 0 saturated heterocycles. The Kier molecular flexibility index (Phi) is 7.59. The molecule has 1 unspecified atom stereocenters. The van der Waals surface area contributed by atoms with Gasteiger partial charge in [-0.1, -0.05) is 35.5 Å². The van der Waals surface area contributed by atoms with Crippen LogP contribution in [0.4, 0.5) is 4.79 Å². The van der Waals surface area contributed by atoms with Crippen molar-refractivity contribution in [3.63, 3.8) is 0 Å². The number of hydrogen-bond donors (Lipinski definition) is 3. The van der Waals surface area contributed by atoms with E-state index in [0.717, 1.165) is 24.1 Å². The van der Waals surface area contributed by atoms with Gasteiger partial charge in [0.05, 0.1) is 35.6 Å². The molecule has 0 bridgehead atoms. The summed E-state index contributed by atoms with van der Waals surface area (Å²) in [6, 6.07) is 13.0. The van der Waals surface area contributed by atoms with Crippen LogP contribution in [0.2, 0.25) is 0 Å². The Morgan fingerprint density at radius 3 is 2.63 bits per heavy atom. The van der Waals surface area contributed by atoms with Gasteiger partial charge >= 0.3 is 12.0 Å². The van der Waals surface area contributed by atoms with Gasteiger partial charge in [-0.25, -0.2) is 14.5 Å². The van der Waals surface area contributed by atoms with Crippen molar-refractivity contribution in [1.29, 1.82) is 0 Å². The molecule has 2 amide bonds. The van der Waals surface area contributed by atoms with Crippen LogP contribution in [-0.2, 0) is 24.9 Å². The first kappa shape index (κ1) is 24.2. The second kappa shape index (κ2) is 11.0. The number of benzene rings is 1. The number of hydrogen-bond acceptors (Lipinski definition) is 6. The number of aliphatic carboxylic acids is 1. The lowest BCUT2D eigenvalue weighted by Crippen LogP contribution is -2.35. The van der Waals surface area contributed by atoms with Crippen LogP contribution in [-0.4, -0.2) is 43.2 Å². The van der Waals surface area contributed by atoms with Gasteiger partial charge in [-0.3, -0.25) is 4.79 Å². The van der Waals surface area contributed by atoms with Gasteiger partial charge in [-0.15, -0.1) is 5.10 Å². The molecular weight excluding hydrogens is 448 g/mol. The van der Waals surface area contributed by atoms with E-state index in [0.29, 0.717) is 42.2 Å². The van der Waals surface area contributed by atoms with E-state index in [1.807, 2.05) is 49.4 Å². The van der Waals surface area contributed by atoms with Crippen LogP contribution in [0.15, 0.2) is 42.5 Å². The van der Waals surface area contributed by atoms with Crippen LogP contribution >= 0.6 is 0 Å². The molecule has 184 valence electrons. The molecule has 0 spiro atoms. The summed E-state index contributed by atoms with van der Waals surface area (Å²) in [5.41, 5.74) is 3.62. The summed E-state index contributed by atoms with van der Waals surface area (Å²) in [6.07, 6.45) is 2.72. The fourth-order valence-electron chi connectivity index (χ4n) is 4.24. The van der Waals surface area contributed by atoms with E-state index in [4.69, 9.17) is 4.74 Å².